The van der Waals surface area contributed by atoms with E-state index < -0.39 is 0 Å². The first-order chi connectivity index (χ1) is 12.5. The van der Waals surface area contributed by atoms with E-state index in [2.05, 4.69) is 52.6 Å². The Morgan fingerprint density at radius 1 is 1.27 bits per heavy atom. The van der Waals surface area contributed by atoms with Gasteiger partial charge in [0.25, 0.3) is 0 Å². The minimum atomic E-state index is -0.00768. The number of rotatable bonds is 6. The lowest BCUT2D eigenvalue weighted by molar-refractivity contribution is -0.121. The summed E-state index contributed by atoms with van der Waals surface area (Å²) < 4.78 is 1.94. The molecule has 26 heavy (non-hydrogen) atoms. The van der Waals surface area contributed by atoms with E-state index in [1.165, 1.54) is 11.1 Å². The van der Waals surface area contributed by atoms with E-state index in [4.69, 9.17) is 0 Å². The van der Waals surface area contributed by atoms with Crippen LogP contribution in [-0.4, -0.2) is 26.8 Å². The van der Waals surface area contributed by atoms with E-state index in [-0.39, 0.29) is 11.9 Å². The van der Waals surface area contributed by atoms with Crippen LogP contribution in [-0.2, 0) is 4.79 Å². The van der Waals surface area contributed by atoms with E-state index >= 15 is 0 Å². The molecule has 0 saturated carbocycles. The predicted molar refractivity (Wildman–Crippen MR) is 103 cm³/mol. The van der Waals surface area contributed by atoms with Crippen LogP contribution in [0.3, 0.4) is 0 Å². The normalized spacial score (nSPS) is 12.2. The van der Waals surface area contributed by atoms with Crippen LogP contribution in [0.15, 0.2) is 36.8 Å². The zero-order chi connectivity index (χ0) is 18.7. The number of fused-ring (bicyclic) bond motifs is 1. The highest BCUT2D eigenvalue weighted by Gasteiger charge is 2.13. The number of nitrogens with zero attached hydrogens (tertiary/aromatic N) is 3. The average molecular weight is 351 g/mol. The molecule has 6 nitrogen and oxygen atoms in total. The maximum absolute atomic E-state index is 12.3. The molecular formula is C20H25N5O. The molecule has 0 bridgehead atoms. The molecule has 3 rings (SSSR count). The Kier molecular flexibility index (Phi) is 5.21. The fraction of sp³-hybridized carbons (Fsp3) is 0.350. The highest BCUT2D eigenvalue weighted by Crippen LogP contribution is 2.19. The largest absolute Gasteiger partial charge is 0.369 e. The van der Waals surface area contributed by atoms with E-state index in [1.54, 1.807) is 12.4 Å². The van der Waals surface area contributed by atoms with Crippen molar-refractivity contribution in [1.29, 1.82) is 0 Å². The van der Waals surface area contributed by atoms with Crippen LogP contribution in [0.2, 0.25) is 0 Å². The van der Waals surface area contributed by atoms with E-state index in [9.17, 15) is 4.79 Å². The highest BCUT2D eigenvalue weighted by molar-refractivity contribution is 5.77. The van der Waals surface area contributed by atoms with Gasteiger partial charge in [-0.05, 0) is 38.8 Å². The molecule has 2 aromatic heterocycles. The molecule has 0 fully saturated rings. The lowest BCUT2D eigenvalue weighted by Crippen LogP contribution is -2.28. The monoisotopic (exact) mass is 351 g/mol. The van der Waals surface area contributed by atoms with Crippen molar-refractivity contribution in [2.75, 3.05) is 11.9 Å². The molecule has 6 heteroatoms. The zero-order valence-corrected chi connectivity index (χ0v) is 15.7. The predicted octanol–water partition coefficient (Wildman–Crippen LogP) is 3.33. The number of aryl methyl sites for hydroxylation is 3. The number of carbonyl (C=O) groups excluding carboxylic acids is 1. The van der Waals surface area contributed by atoms with Crippen molar-refractivity contribution in [3.63, 3.8) is 0 Å². The summed E-state index contributed by atoms with van der Waals surface area (Å²) in [6.45, 7) is 8.66. The summed E-state index contributed by atoms with van der Waals surface area (Å²) in [4.78, 5) is 20.8. The Balaban J connectivity index is 1.56. The van der Waals surface area contributed by atoms with Gasteiger partial charge in [-0.15, -0.1) is 0 Å². The van der Waals surface area contributed by atoms with Crippen LogP contribution in [0.4, 0.5) is 5.82 Å². The van der Waals surface area contributed by atoms with Crippen molar-refractivity contribution in [3.8, 4) is 0 Å². The summed E-state index contributed by atoms with van der Waals surface area (Å²) in [5.41, 5.74) is 5.27. The molecule has 0 radical (unpaired) electrons. The molecule has 2 heterocycles. The average Bonchev–Trinajstić information content (AvgIpc) is 2.90. The van der Waals surface area contributed by atoms with Gasteiger partial charge < -0.3 is 10.6 Å². The van der Waals surface area contributed by atoms with Gasteiger partial charge in [-0.1, -0.05) is 23.8 Å². The first kappa shape index (κ1) is 17.9. The molecule has 0 spiro atoms. The molecule has 1 aromatic carbocycles. The van der Waals surface area contributed by atoms with Gasteiger partial charge in [-0.3, -0.25) is 14.2 Å². The second-order valence-electron chi connectivity index (χ2n) is 6.68. The summed E-state index contributed by atoms with van der Waals surface area (Å²) in [5, 5.41) is 6.39. The lowest BCUT2D eigenvalue weighted by Gasteiger charge is -2.17. The molecule has 0 aliphatic carbocycles. The Labute approximate surface area is 153 Å². The third-order valence-corrected chi connectivity index (χ3v) is 4.52. The van der Waals surface area contributed by atoms with Gasteiger partial charge in [0.1, 0.15) is 5.82 Å². The van der Waals surface area contributed by atoms with Crippen molar-refractivity contribution in [2.24, 2.45) is 0 Å². The smallest absolute Gasteiger partial charge is 0.222 e. The molecule has 0 aliphatic rings. The summed E-state index contributed by atoms with van der Waals surface area (Å²) in [5.74, 6) is 0.927. The second kappa shape index (κ2) is 7.56. The van der Waals surface area contributed by atoms with Crippen molar-refractivity contribution < 1.29 is 4.79 Å². The van der Waals surface area contributed by atoms with Crippen LogP contribution in [0.5, 0.6) is 0 Å². The van der Waals surface area contributed by atoms with Crippen LogP contribution in [0.25, 0.3) is 5.65 Å². The van der Waals surface area contributed by atoms with Gasteiger partial charge in [-0.25, -0.2) is 4.98 Å². The third-order valence-electron chi connectivity index (χ3n) is 4.52. The van der Waals surface area contributed by atoms with E-state index in [0.29, 0.717) is 13.0 Å². The van der Waals surface area contributed by atoms with Gasteiger partial charge >= 0.3 is 0 Å². The fourth-order valence-electron chi connectivity index (χ4n) is 3.23. The molecule has 136 valence electrons. The fourth-order valence-corrected chi connectivity index (χ4v) is 3.23. The number of hydrogen-bond acceptors (Lipinski definition) is 4. The van der Waals surface area contributed by atoms with Crippen LogP contribution in [0, 0.1) is 20.8 Å². The van der Waals surface area contributed by atoms with E-state index in [0.717, 1.165) is 22.7 Å². The molecule has 1 amide bonds. The molecular weight excluding hydrogens is 326 g/mol. The number of amides is 1. The third kappa shape index (κ3) is 3.85. The van der Waals surface area contributed by atoms with Crippen LogP contribution in [0.1, 0.15) is 41.8 Å². The Bertz CT molecular complexity index is 931. The maximum Gasteiger partial charge on any atom is 0.222 e. The van der Waals surface area contributed by atoms with Crippen LogP contribution < -0.4 is 10.6 Å². The minimum absolute atomic E-state index is 0.00768. The Hall–Kier alpha value is -2.89. The summed E-state index contributed by atoms with van der Waals surface area (Å²) in [6, 6.07) is 6.30. The minimum Gasteiger partial charge on any atom is -0.369 e. The lowest BCUT2D eigenvalue weighted by atomic mass is 10.0. The van der Waals surface area contributed by atoms with Gasteiger partial charge in [0.15, 0.2) is 5.65 Å². The molecule has 2 N–H and O–H groups in total. The number of carbonyl (C=O) groups is 1. The number of aromatic nitrogens is 3. The molecule has 0 aliphatic heterocycles. The Morgan fingerprint density at radius 2 is 2.08 bits per heavy atom. The number of anilines is 1. The second-order valence-corrected chi connectivity index (χ2v) is 6.68. The quantitative estimate of drug-likeness (QED) is 0.714. The van der Waals surface area contributed by atoms with Gasteiger partial charge in [0, 0.05) is 25.4 Å². The Morgan fingerprint density at radius 3 is 2.85 bits per heavy atom. The van der Waals surface area contributed by atoms with Crippen molar-refractivity contribution in [1.82, 2.24) is 19.7 Å². The standard InChI is InChI=1S/C20H25N5O/c1-13-5-6-17(14(2)11-13)15(3)24-19(26)7-8-22-20-16(4)23-18-12-21-9-10-25(18)20/h5-6,9-12,15,22H,7-8H2,1-4H3,(H,24,26). The number of nitrogens with one attached hydrogen (secondary N) is 2. The topological polar surface area (TPSA) is 71.3 Å². The molecule has 0 saturated heterocycles. The number of imidazole rings is 1. The molecule has 1 unspecified atom stereocenters. The van der Waals surface area contributed by atoms with Gasteiger partial charge in [0.05, 0.1) is 17.9 Å². The summed E-state index contributed by atoms with van der Waals surface area (Å²) in [7, 11) is 0. The maximum atomic E-state index is 12.3. The van der Waals surface area contributed by atoms with Crippen molar-refractivity contribution in [3.05, 3.63) is 59.2 Å². The zero-order valence-electron chi connectivity index (χ0n) is 15.7. The summed E-state index contributed by atoms with van der Waals surface area (Å²) in [6.07, 6.45) is 5.70. The van der Waals surface area contributed by atoms with Crippen molar-refractivity contribution >= 4 is 17.4 Å². The highest BCUT2D eigenvalue weighted by atomic mass is 16.1. The first-order valence-electron chi connectivity index (χ1n) is 8.84. The summed E-state index contributed by atoms with van der Waals surface area (Å²) >= 11 is 0. The number of hydrogen-bond donors (Lipinski definition) is 2. The molecule has 1 atom stereocenters. The molecule has 3 aromatic rings. The first-order valence-corrected chi connectivity index (χ1v) is 8.84. The van der Waals surface area contributed by atoms with Crippen molar-refractivity contribution in [2.45, 2.75) is 40.2 Å². The van der Waals surface area contributed by atoms with Gasteiger partial charge in [0.2, 0.25) is 5.91 Å². The SMILES string of the molecule is Cc1ccc(C(C)NC(=O)CCNc2c(C)nc3cnccn23)c(C)c1. The van der Waals surface area contributed by atoms with Crippen LogP contribution >= 0.6 is 0 Å². The van der Waals surface area contributed by atoms with Gasteiger partial charge in [-0.2, -0.15) is 0 Å². The van der Waals surface area contributed by atoms with E-state index in [1.807, 2.05) is 24.4 Å². The number of benzene rings is 1.